The maximum absolute atomic E-state index is 13.7. The zero-order valence-corrected chi connectivity index (χ0v) is 13.5. The second-order valence-electron chi connectivity index (χ2n) is 5.54. The molecule has 1 aliphatic rings. The number of nitrogens with zero attached hydrogens (tertiary/aromatic N) is 3. The van der Waals surface area contributed by atoms with E-state index >= 15 is 0 Å². The van der Waals surface area contributed by atoms with E-state index in [9.17, 15) is 9.18 Å². The molecule has 24 heavy (non-hydrogen) atoms. The Balaban J connectivity index is 1.73. The molecule has 1 fully saturated rings. The van der Waals surface area contributed by atoms with Crippen molar-refractivity contribution in [1.82, 2.24) is 14.9 Å². The predicted molar refractivity (Wildman–Crippen MR) is 87.2 cm³/mol. The van der Waals surface area contributed by atoms with E-state index in [0.717, 1.165) is 0 Å². The molecule has 0 atom stereocenters. The van der Waals surface area contributed by atoms with Crippen LogP contribution in [0.4, 0.5) is 10.2 Å². The van der Waals surface area contributed by atoms with Crippen LogP contribution in [0.1, 0.15) is 21.9 Å². The molecule has 2 aromatic rings. The Morgan fingerprint density at radius 2 is 2.04 bits per heavy atom. The first kappa shape index (κ1) is 16.3. The minimum absolute atomic E-state index is 0.141. The molecule has 0 bridgehead atoms. The third-order valence-electron chi connectivity index (χ3n) is 3.77. The lowest BCUT2D eigenvalue weighted by Gasteiger charge is -2.26. The number of benzene rings is 1. The van der Waals surface area contributed by atoms with Crippen molar-refractivity contribution < 1.29 is 13.9 Å². The highest BCUT2D eigenvalue weighted by atomic mass is 19.1. The highest BCUT2D eigenvalue weighted by Crippen LogP contribution is 2.13. The molecule has 1 N–H and O–H groups in total. The number of aromatic nitrogens is 2. The molecule has 126 valence electrons. The molecule has 2 heterocycles. The Hall–Kier alpha value is -2.54. The fourth-order valence-electron chi connectivity index (χ4n) is 2.52. The van der Waals surface area contributed by atoms with E-state index in [1.807, 2.05) is 0 Å². The standard InChI is InChI=1S/C17H19FN4O2/c1-12-20-15(17(23)22-6-8-24-9-7-22)10-16(21-12)19-11-13-4-2-3-5-14(13)18/h2-5,10H,6-9,11H2,1H3,(H,19,20,21). The van der Waals surface area contributed by atoms with Crippen LogP contribution in [-0.2, 0) is 11.3 Å². The number of hydrogen-bond acceptors (Lipinski definition) is 5. The summed E-state index contributed by atoms with van der Waals surface area (Å²) in [7, 11) is 0. The fourth-order valence-corrected chi connectivity index (χ4v) is 2.52. The van der Waals surface area contributed by atoms with Crippen molar-refractivity contribution >= 4 is 11.7 Å². The molecule has 3 rings (SSSR count). The van der Waals surface area contributed by atoms with Gasteiger partial charge < -0.3 is 15.0 Å². The molecule has 0 unspecified atom stereocenters. The van der Waals surface area contributed by atoms with Gasteiger partial charge in [-0.1, -0.05) is 18.2 Å². The number of halogens is 1. The van der Waals surface area contributed by atoms with E-state index in [-0.39, 0.29) is 18.3 Å². The first-order chi connectivity index (χ1) is 11.6. The minimum atomic E-state index is -0.277. The number of rotatable bonds is 4. The Kier molecular flexibility index (Phi) is 5.00. The predicted octanol–water partition coefficient (Wildman–Crippen LogP) is 2.01. The van der Waals surface area contributed by atoms with Gasteiger partial charge in [0.2, 0.25) is 0 Å². The topological polar surface area (TPSA) is 67.4 Å². The van der Waals surface area contributed by atoms with Crippen molar-refractivity contribution in [3.05, 3.63) is 53.2 Å². The maximum atomic E-state index is 13.7. The van der Waals surface area contributed by atoms with Crippen LogP contribution < -0.4 is 5.32 Å². The van der Waals surface area contributed by atoms with E-state index in [1.165, 1.54) is 6.07 Å². The molecule has 1 aliphatic heterocycles. The van der Waals surface area contributed by atoms with Crippen molar-refractivity contribution in [3.8, 4) is 0 Å². The van der Waals surface area contributed by atoms with Gasteiger partial charge in [-0.2, -0.15) is 0 Å². The van der Waals surface area contributed by atoms with Gasteiger partial charge in [0.05, 0.1) is 13.2 Å². The molecule has 1 aromatic heterocycles. The number of morpholine rings is 1. The van der Waals surface area contributed by atoms with Crippen LogP contribution in [0.5, 0.6) is 0 Å². The number of carbonyl (C=O) groups excluding carboxylic acids is 1. The van der Waals surface area contributed by atoms with Gasteiger partial charge in [-0.25, -0.2) is 14.4 Å². The van der Waals surface area contributed by atoms with Gasteiger partial charge in [0.1, 0.15) is 23.2 Å². The first-order valence-corrected chi connectivity index (χ1v) is 7.83. The highest BCUT2D eigenvalue weighted by Gasteiger charge is 2.20. The monoisotopic (exact) mass is 330 g/mol. The van der Waals surface area contributed by atoms with Gasteiger partial charge in [-0.05, 0) is 13.0 Å². The van der Waals surface area contributed by atoms with Gasteiger partial charge >= 0.3 is 0 Å². The van der Waals surface area contributed by atoms with Crippen molar-refractivity contribution in [1.29, 1.82) is 0 Å². The number of hydrogen-bond donors (Lipinski definition) is 1. The summed E-state index contributed by atoms with van der Waals surface area (Å²) in [6.45, 7) is 4.20. The van der Waals surface area contributed by atoms with Crippen LogP contribution in [0.3, 0.4) is 0 Å². The van der Waals surface area contributed by atoms with Crippen LogP contribution in [0.15, 0.2) is 30.3 Å². The van der Waals surface area contributed by atoms with Gasteiger partial charge in [0, 0.05) is 31.3 Å². The van der Waals surface area contributed by atoms with E-state index in [0.29, 0.717) is 49.2 Å². The van der Waals surface area contributed by atoms with E-state index in [4.69, 9.17) is 4.74 Å². The zero-order valence-electron chi connectivity index (χ0n) is 13.5. The smallest absolute Gasteiger partial charge is 0.272 e. The van der Waals surface area contributed by atoms with Gasteiger partial charge in [0.15, 0.2) is 0 Å². The molecule has 0 spiro atoms. The zero-order chi connectivity index (χ0) is 16.9. The summed E-state index contributed by atoms with van der Waals surface area (Å²) in [5.41, 5.74) is 0.871. The third-order valence-corrected chi connectivity index (χ3v) is 3.77. The average Bonchev–Trinajstić information content (AvgIpc) is 2.61. The molecule has 1 aromatic carbocycles. The molecular formula is C17H19FN4O2. The molecule has 1 amide bonds. The number of aryl methyl sites for hydroxylation is 1. The Morgan fingerprint density at radius 3 is 2.79 bits per heavy atom. The molecular weight excluding hydrogens is 311 g/mol. The van der Waals surface area contributed by atoms with Crippen LogP contribution in [-0.4, -0.2) is 47.1 Å². The Bertz CT molecular complexity index is 732. The Labute approximate surface area is 139 Å². The van der Waals surface area contributed by atoms with Crippen molar-refractivity contribution in [3.63, 3.8) is 0 Å². The highest BCUT2D eigenvalue weighted by molar-refractivity contribution is 5.93. The molecule has 6 nitrogen and oxygen atoms in total. The molecule has 0 aliphatic carbocycles. The fraction of sp³-hybridized carbons (Fsp3) is 0.353. The molecule has 0 saturated carbocycles. The van der Waals surface area contributed by atoms with Gasteiger partial charge in [0.25, 0.3) is 5.91 Å². The van der Waals surface area contributed by atoms with Gasteiger partial charge in [-0.15, -0.1) is 0 Å². The summed E-state index contributed by atoms with van der Waals surface area (Å²) in [5, 5.41) is 3.05. The second-order valence-corrected chi connectivity index (χ2v) is 5.54. The van der Waals surface area contributed by atoms with E-state index < -0.39 is 0 Å². The number of anilines is 1. The lowest BCUT2D eigenvalue weighted by atomic mass is 10.2. The first-order valence-electron chi connectivity index (χ1n) is 7.83. The minimum Gasteiger partial charge on any atom is -0.378 e. The second kappa shape index (κ2) is 7.35. The average molecular weight is 330 g/mol. The SMILES string of the molecule is Cc1nc(NCc2ccccc2F)cc(C(=O)N2CCOCC2)n1. The summed E-state index contributed by atoms with van der Waals surface area (Å²) in [6.07, 6.45) is 0. The summed E-state index contributed by atoms with van der Waals surface area (Å²) in [5.74, 6) is 0.575. The van der Waals surface area contributed by atoms with E-state index in [1.54, 1.807) is 36.1 Å². The van der Waals surface area contributed by atoms with Gasteiger partial charge in [-0.3, -0.25) is 4.79 Å². The van der Waals surface area contributed by atoms with Crippen molar-refractivity contribution in [2.24, 2.45) is 0 Å². The Morgan fingerprint density at radius 1 is 1.29 bits per heavy atom. The number of nitrogens with one attached hydrogen (secondary N) is 1. The number of carbonyl (C=O) groups is 1. The number of ether oxygens (including phenoxy) is 1. The lowest BCUT2D eigenvalue weighted by Crippen LogP contribution is -2.41. The van der Waals surface area contributed by atoms with Crippen molar-refractivity contribution in [2.45, 2.75) is 13.5 Å². The summed E-state index contributed by atoms with van der Waals surface area (Å²) >= 11 is 0. The summed E-state index contributed by atoms with van der Waals surface area (Å²) in [6, 6.07) is 8.14. The summed E-state index contributed by atoms with van der Waals surface area (Å²) in [4.78, 5) is 22.7. The van der Waals surface area contributed by atoms with Crippen LogP contribution >= 0.6 is 0 Å². The molecule has 1 saturated heterocycles. The largest absolute Gasteiger partial charge is 0.378 e. The normalized spacial score (nSPS) is 14.5. The summed E-state index contributed by atoms with van der Waals surface area (Å²) < 4.78 is 18.9. The van der Waals surface area contributed by atoms with Crippen LogP contribution in [0.2, 0.25) is 0 Å². The molecule has 7 heteroatoms. The number of amides is 1. The lowest BCUT2D eigenvalue weighted by molar-refractivity contribution is 0.0299. The van der Waals surface area contributed by atoms with Crippen LogP contribution in [0, 0.1) is 12.7 Å². The van der Waals surface area contributed by atoms with Crippen LogP contribution in [0.25, 0.3) is 0 Å². The quantitative estimate of drug-likeness (QED) is 0.929. The van der Waals surface area contributed by atoms with E-state index in [2.05, 4.69) is 15.3 Å². The van der Waals surface area contributed by atoms with Crippen molar-refractivity contribution in [2.75, 3.05) is 31.6 Å². The molecule has 0 radical (unpaired) electrons. The maximum Gasteiger partial charge on any atom is 0.272 e. The third kappa shape index (κ3) is 3.86.